The quantitative estimate of drug-likeness (QED) is 0.806. The molecule has 1 aromatic rings. The standard InChI is InChI=1S/C14H19N3O2/c1-2-10-6-14(19)17(8-10)9-13(18)16-12-5-3-4-11(15)7-12/h3-5,7,10H,2,6,8-9,15H2,1H3,(H,16,18). The van der Waals surface area contributed by atoms with Crippen LogP contribution in [-0.4, -0.2) is 29.8 Å². The number of nitrogen functional groups attached to an aromatic ring is 1. The van der Waals surface area contributed by atoms with E-state index in [9.17, 15) is 9.59 Å². The summed E-state index contributed by atoms with van der Waals surface area (Å²) in [7, 11) is 0. The molecule has 1 atom stereocenters. The van der Waals surface area contributed by atoms with Crippen LogP contribution >= 0.6 is 0 Å². The molecule has 0 radical (unpaired) electrons. The molecule has 1 aromatic carbocycles. The van der Waals surface area contributed by atoms with Crippen LogP contribution in [0, 0.1) is 5.92 Å². The Labute approximate surface area is 112 Å². The maximum Gasteiger partial charge on any atom is 0.243 e. The Balaban J connectivity index is 1.90. The number of carbonyl (C=O) groups is 2. The van der Waals surface area contributed by atoms with Crippen LogP contribution in [0.4, 0.5) is 11.4 Å². The lowest BCUT2D eigenvalue weighted by Crippen LogP contribution is -2.34. The Morgan fingerprint density at radius 1 is 1.53 bits per heavy atom. The molecule has 1 heterocycles. The van der Waals surface area contributed by atoms with E-state index in [0.29, 0.717) is 30.3 Å². The maximum atomic E-state index is 11.9. The average molecular weight is 261 g/mol. The molecule has 0 spiro atoms. The van der Waals surface area contributed by atoms with E-state index in [1.807, 2.05) is 0 Å². The van der Waals surface area contributed by atoms with Crippen LogP contribution in [0.1, 0.15) is 19.8 Å². The molecule has 102 valence electrons. The van der Waals surface area contributed by atoms with Crippen molar-refractivity contribution in [2.24, 2.45) is 5.92 Å². The number of nitrogens with zero attached hydrogens (tertiary/aromatic N) is 1. The van der Waals surface area contributed by atoms with Gasteiger partial charge >= 0.3 is 0 Å². The molecule has 2 amide bonds. The minimum atomic E-state index is -0.185. The third-order valence-electron chi connectivity index (χ3n) is 3.38. The zero-order valence-corrected chi connectivity index (χ0v) is 11.1. The second kappa shape index (κ2) is 5.73. The number of nitrogens with two attached hydrogens (primary N) is 1. The van der Waals surface area contributed by atoms with Gasteiger partial charge in [0.15, 0.2) is 0 Å². The van der Waals surface area contributed by atoms with Crippen molar-refractivity contribution in [2.45, 2.75) is 19.8 Å². The molecule has 0 saturated carbocycles. The average Bonchev–Trinajstić information content (AvgIpc) is 2.70. The molecule has 1 saturated heterocycles. The van der Waals surface area contributed by atoms with Crippen LogP contribution in [0.15, 0.2) is 24.3 Å². The second-order valence-electron chi connectivity index (χ2n) is 4.93. The van der Waals surface area contributed by atoms with Gasteiger partial charge in [0.25, 0.3) is 0 Å². The zero-order valence-electron chi connectivity index (χ0n) is 11.1. The fourth-order valence-electron chi connectivity index (χ4n) is 2.27. The molecule has 1 aliphatic heterocycles. The number of carbonyl (C=O) groups excluding carboxylic acids is 2. The fourth-order valence-corrected chi connectivity index (χ4v) is 2.27. The summed E-state index contributed by atoms with van der Waals surface area (Å²) in [5.41, 5.74) is 6.89. The zero-order chi connectivity index (χ0) is 13.8. The second-order valence-corrected chi connectivity index (χ2v) is 4.93. The number of likely N-dealkylation sites (tertiary alicyclic amines) is 1. The van der Waals surface area contributed by atoms with Gasteiger partial charge in [-0.3, -0.25) is 9.59 Å². The lowest BCUT2D eigenvalue weighted by atomic mass is 10.1. The van der Waals surface area contributed by atoms with E-state index in [1.165, 1.54) is 0 Å². The maximum absolute atomic E-state index is 11.9. The Morgan fingerprint density at radius 2 is 2.32 bits per heavy atom. The first-order valence-corrected chi connectivity index (χ1v) is 6.51. The van der Waals surface area contributed by atoms with E-state index >= 15 is 0 Å². The van der Waals surface area contributed by atoms with Crippen LogP contribution in [-0.2, 0) is 9.59 Å². The van der Waals surface area contributed by atoms with Crippen molar-refractivity contribution in [1.82, 2.24) is 4.90 Å². The lowest BCUT2D eigenvalue weighted by Gasteiger charge is -2.16. The van der Waals surface area contributed by atoms with Gasteiger partial charge in [-0.15, -0.1) is 0 Å². The Bertz CT molecular complexity index is 487. The van der Waals surface area contributed by atoms with Crippen molar-refractivity contribution >= 4 is 23.2 Å². The molecule has 1 fully saturated rings. The van der Waals surface area contributed by atoms with Crippen LogP contribution in [0.2, 0.25) is 0 Å². The van der Waals surface area contributed by atoms with Gasteiger partial charge in [-0.05, 0) is 24.1 Å². The third kappa shape index (κ3) is 3.47. The summed E-state index contributed by atoms with van der Waals surface area (Å²) in [6.45, 7) is 2.86. The van der Waals surface area contributed by atoms with Gasteiger partial charge in [0.05, 0.1) is 6.54 Å². The molecule has 1 unspecified atom stereocenters. The summed E-state index contributed by atoms with van der Waals surface area (Å²) in [5.74, 6) is 0.262. The van der Waals surface area contributed by atoms with Gasteiger partial charge in [-0.1, -0.05) is 19.4 Å². The molecular weight excluding hydrogens is 242 g/mol. The van der Waals surface area contributed by atoms with E-state index in [1.54, 1.807) is 29.2 Å². The van der Waals surface area contributed by atoms with Crippen molar-refractivity contribution in [3.05, 3.63) is 24.3 Å². The van der Waals surface area contributed by atoms with Gasteiger partial charge in [-0.25, -0.2) is 0 Å². The first-order valence-electron chi connectivity index (χ1n) is 6.51. The number of amides is 2. The van der Waals surface area contributed by atoms with E-state index in [2.05, 4.69) is 12.2 Å². The van der Waals surface area contributed by atoms with E-state index in [4.69, 9.17) is 5.73 Å². The molecule has 0 bridgehead atoms. The highest BCUT2D eigenvalue weighted by Gasteiger charge is 2.29. The monoisotopic (exact) mass is 261 g/mol. The van der Waals surface area contributed by atoms with Crippen molar-refractivity contribution in [3.8, 4) is 0 Å². The molecule has 0 aromatic heterocycles. The minimum Gasteiger partial charge on any atom is -0.399 e. The van der Waals surface area contributed by atoms with Crippen LogP contribution < -0.4 is 11.1 Å². The van der Waals surface area contributed by atoms with Crippen LogP contribution in [0.25, 0.3) is 0 Å². The van der Waals surface area contributed by atoms with Crippen LogP contribution in [0.3, 0.4) is 0 Å². The summed E-state index contributed by atoms with van der Waals surface area (Å²) < 4.78 is 0. The molecule has 0 aliphatic carbocycles. The Kier molecular flexibility index (Phi) is 4.04. The molecule has 2 rings (SSSR count). The number of hydrogen-bond donors (Lipinski definition) is 2. The summed E-state index contributed by atoms with van der Waals surface area (Å²) in [4.78, 5) is 25.2. The normalized spacial score (nSPS) is 18.7. The summed E-state index contributed by atoms with van der Waals surface area (Å²) >= 11 is 0. The summed E-state index contributed by atoms with van der Waals surface area (Å²) in [6, 6.07) is 7.00. The predicted molar refractivity (Wildman–Crippen MR) is 74.5 cm³/mol. The van der Waals surface area contributed by atoms with Crippen molar-refractivity contribution in [1.29, 1.82) is 0 Å². The van der Waals surface area contributed by atoms with Gasteiger partial charge in [-0.2, -0.15) is 0 Å². The highest BCUT2D eigenvalue weighted by Crippen LogP contribution is 2.20. The minimum absolute atomic E-state index is 0.0644. The molecule has 3 N–H and O–H groups in total. The fraction of sp³-hybridized carbons (Fsp3) is 0.429. The van der Waals surface area contributed by atoms with Crippen LogP contribution in [0.5, 0.6) is 0 Å². The largest absolute Gasteiger partial charge is 0.399 e. The number of hydrogen-bond acceptors (Lipinski definition) is 3. The SMILES string of the molecule is CCC1CC(=O)N(CC(=O)Nc2cccc(N)c2)C1. The highest BCUT2D eigenvalue weighted by molar-refractivity contribution is 5.95. The predicted octanol–water partition coefficient (Wildman–Crippen LogP) is 1.47. The van der Waals surface area contributed by atoms with Gasteiger partial charge in [0.1, 0.15) is 0 Å². The van der Waals surface area contributed by atoms with Crippen molar-refractivity contribution in [2.75, 3.05) is 24.1 Å². The lowest BCUT2D eigenvalue weighted by molar-refractivity contribution is -0.131. The Hall–Kier alpha value is -2.04. The topological polar surface area (TPSA) is 75.4 Å². The van der Waals surface area contributed by atoms with Gasteiger partial charge < -0.3 is 16.0 Å². The smallest absolute Gasteiger partial charge is 0.243 e. The first-order chi connectivity index (χ1) is 9.08. The number of anilines is 2. The van der Waals surface area contributed by atoms with E-state index in [0.717, 1.165) is 6.42 Å². The molecule has 19 heavy (non-hydrogen) atoms. The third-order valence-corrected chi connectivity index (χ3v) is 3.38. The summed E-state index contributed by atoms with van der Waals surface area (Å²) in [6.07, 6.45) is 1.53. The summed E-state index contributed by atoms with van der Waals surface area (Å²) in [5, 5.41) is 2.75. The first kappa shape index (κ1) is 13.4. The van der Waals surface area contributed by atoms with Gasteiger partial charge in [0, 0.05) is 24.3 Å². The Morgan fingerprint density at radius 3 is 2.95 bits per heavy atom. The number of nitrogens with one attached hydrogen (secondary N) is 1. The van der Waals surface area contributed by atoms with Crippen molar-refractivity contribution < 1.29 is 9.59 Å². The van der Waals surface area contributed by atoms with Crippen molar-refractivity contribution in [3.63, 3.8) is 0 Å². The van der Waals surface area contributed by atoms with E-state index in [-0.39, 0.29) is 18.4 Å². The van der Waals surface area contributed by atoms with E-state index < -0.39 is 0 Å². The van der Waals surface area contributed by atoms with Gasteiger partial charge in [0.2, 0.25) is 11.8 Å². The number of benzene rings is 1. The number of rotatable bonds is 4. The highest BCUT2D eigenvalue weighted by atomic mass is 16.2. The molecule has 5 nitrogen and oxygen atoms in total. The molecule has 5 heteroatoms. The molecule has 1 aliphatic rings. The molecular formula is C14H19N3O2.